The highest BCUT2D eigenvalue weighted by Gasteiger charge is 2.29. The molecule has 0 saturated carbocycles. The fourth-order valence-electron chi connectivity index (χ4n) is 3.52. The van der Waals surface area contributed by atoms with Crippen molar-refractivity contribution < 1.29 is 24.2 Å². The van der Waals surface area contributed by atoms with Gasteiger partial charge in [-0.2, -0.15) is 0 Å². The Labute approximate surface area is 169 Å². The van der Waals surface area contributed by atoms with Crippen LogP contribution in [0.2, 0.25) is 0 Å². The van der Waals surface area contributed by atoms with Crippen LogP contribution in [0.5, 0.6) is 0 Å². The SMILES string of the molecule is CC[C@@H](NC(=O)C(C)NC(=O)OCC1c2ccccc2-c2ccccc21)C(=O)O. The van der Waals surface area contributed by atoms with Crippen LogP contribution in [0.15, 0.2) is 48.5 Å². The minimum Gasteiger partial charge on any atom is -0.480 e. The van der Waals surface area contributed by atoms with E-state index in [1.165, 1.54) is 6.92 Å². The lowest BCUT2D eigenvalue weighted by Crippen LogP contribution is -2.50. The third-order valence-electron chi connectivity index (χ3n) is 5.09. The molecule has 0 heterocycles. The fourth-order valence-corrected chi connectivity index (χ4v) is 3.52. The van der Waals surface area contributed by atoms with Crippen LogP contribution in [-0.2, 0) is 14.3 Å². The zero-order chi connectivity index (χ0) is 21.0. The third kappa shape index (κ3) is 4.39. The quantitative estimate of drug-likeness (QED) is 0.667. The number of nitrogens with one attached hydrogen (secondary N) is 2. The highest BCUT2D eigenvalue weighted by molar-refractivity contribution is 5.89. The summed E-state index contributed by atoms with van der Waals surface area (Å²) in [5.41, 5.74) is 4.45. The average Bonchev–Trinajstić information content (AvgIpc) is 3.03. The predicted octanol–water partition coefficient (Wildman–Crippen LogP) is 2.89. The number of fused-ring (bicyclic) bond motifs is 3. The Morgan fingerprint density at radius 1 is 1.00 bits per heavy atom. The zero-order valence-electron chi connectivity index (χ0n) is 16.3. The summed E-state index contributed by atoms with van der Waals surface area (Å²) in [6.07, 6.45) is -0.475. The van der Waals surface area contributed by atoms with Crippen molar-refractivity contribution in [3.63, 3.8) is 0 Å². The van der Waals surface area contributed by atoms with Crippen molar-refractivity contribution in [3.05, 3.63) is 59.7 Å². The van der Waals surface area contributed by atoms with Crippen LogP contribution in [0.25, 0.3) is 11.1 Å². The van der Waals surface area contributed by atoms with E-state index in [2.05, 4.69) is 10.6 Å². The van der Waals surface area contributed by atoms with Crippen molar-refractivity contribution >= 4 is 18.0 Å². The van der Waals surface area contributed by atoms with Crippen LogP contribution in [-0.4, -0.2) is 41.8 Å². The van der Waals surface area contributed by atoms with Crippen LogP contribution in [0, 0.1) is 0 Å². The normalized spacial score (nSPS) is 14.3. The minimum atomic E-state index is -1.12. The maximum atomic E-state index is 12.2. The molecule has 1 unspecified atom stereocenters. The van der Waals surface area contributed by atoms with Gasteiger partial charge < -0.3 is 20.5 Å². The molecular weight excluding hydrogens is 372 g/mol. The number of carboxylic acids is 1. The maximum absolute atomic E-state index is 12.2. The van der Waals surface area contributed by atoms with E-state index in [0.717, 1.165) is 22.3 Å². The highest BCUT2D eigenvalue weighted by Crippen LogP contribution is 2.44. The Morgan fingerprint density at radius 3 is 2.07 bits per heavy atom. The molecule has 3 rings (SSSR count). The molecule has 3 N–H and O–H groups in total. The monoisotopic (exact) mass is 396 g/mol. The fraction of sp³-hybridized carbons (Fsp3) is 0.318. The molecule has 0 bridgehead atoms. The van der Waals surface area contributed by atoms with E-state index >= 15 is 0 Å². The summed E-state index contributed by atoms with van der Waals surface area (Å²) < 4.78 is 5.39. The second kappa shape index (κ2) is 8.77. The lowest BCUT2D eigenvalue weighted by atomic mass is 9.98. The molecule has 29 heavy (non-hydrogen) atoms. The molecule has 0 aromatic heterocycles. The second-order valence-electron chi connectivity index (χ2n) is 7.00. The number of carbonyl (C=O) groups is 3. The molecule has 7 nitrogen and oxygen atoms in total. The maximum Gasteiger partial charge on any atom is 0.407 e. The summed E-state index contributed by atoms with van der Waals surface area (Å²) in [6, 6.07) is 14.1. The van der Waals surface area contributed by atoms with Crippen LogP contribution in [0.4, 0.5) is 4.79 Å². The van der Waals surface area contributed by atoms with E-state index in [9.17, 15) is 14.4 Å². The first kappa shape index (κ1) is 20.4. The number of hydrogen-bond acceptors (Lipinski definition) is 4. The Morgan fingerprint density at radius 2 is 1.55 bits per heavy atom. The Balaban J connectivity index is 1.60. The third-order valence-corrected chi connectivity index (χ3v) is 5.09. The van der Waals surface area contributed by atoms with Crippen molar-refractivity contribution in [2.75, 3.05) is 6.61 Å². The first-order valence-corrected chi connectivity index (χ1v) is 9.57. The number of rotatable bonds is 7. The van der Waals surface area contributed by atoms with E-state index in [1.54, 1.807) is 6.92 Å². The summed E-state index contributed by atoms with van der Waals surface area (Å²) in [5, 5.41) is 13.9. The molecule has 0 aliphatic heterocycles. The molecule has 0 spiro atoms. The molecule has 2 aromatic carbocycles. The average molecular weight is 396 g/mol. The summed E-state index contributed by atoms with van der Waals surface area (Å²) >= 11 is 0. The molecule has 1 aliphatic carbocycles. The number of alkyl carbamates (subject to hydrolysis) is 1. The largest absolute Gasteiger partial charge is 0.480 e. The lowest BCUT2D eigenvalue weighted by molar-refractivity contribution is -0.142. The summed E-state index contributed by atoms with van der Waals surface area (Å²) in [6.45, 7) is 3.27. The van der Waals surface area contributed by atoms with Crippen LogP contribution in [0.1, 0.15) is 37.3 Å². The topological polar surface area (TPSA) is 105 Å². The van der Waals surface area contributed by atoms with Gasteiger partial charge in [0.05, 0.1) is 0 Å². The highest BCUT2D eigenvalue weighted by atomic mass is 16.5. The number of carbonyl (C=O) groups excluding carboxylic acids is 2. The van der Waals surface area contributed by atoms with Gasteiger partial charge in [0.2, 0.25) is 5.91 Å². The molecule has 0 radical (unpaired) electrons. The molecule has 1 aliphatic rings. The number of ether oxygens (including phenoxy) is 1. The van der Waals surface area contributed by atoms with E-state index in [-0.39, 0.29) is 18.9 Å². The van der Waals surface area contributed by atoms with Gasteiger partial charge >= 0.3 is 12.1 Å². The number of aliphatic carboxylic acids is 1. The Bertz CT molecular complexity index is 881. The van der Waals surface area contributed by atoms with Gasteiger partial charge in [-0.05, 0) is 35.6 Å². The Kier molecular flexibility index (Phi) is 6.16. The van der Waals surface area contributed by atoms with Crippen LogP contribution < -0.4 is 10.6 Å². The molecule has 0 fully saturated rings. The molecule has 2 amide bonds. The van der Waals surface area contributed by atoms with Crippen molar-refractivity contribution in [3.8, 4) is 11.1 Å². The zero-order valence-corrected chi connectivity index (χ0v) is 16.3. The second-order valence-corrected chi connectivity index (χ2v) is 7.00. The van der Waals surface area contributed by atoms with E-state index in [1.807, 2.05) is 48.5 Å². The van der Waals surface area contributed by atoms with Gasteiger partial charge in [-0.25, -0.2) is 9.59 Å². The molecule has 2 aromatic rings. The van der Waals surface area contributed by atoms with Gasteiger partial charge in [0.15, 0.2) is 0 Å². The van der Waals surface area contributed by atoms with E-state index in [0.29, 0.717) is 0 Å². The van der Waals surface area contributed by atoms with Crippen molar-refractivity contribution in [1.82, 2.24) is 10.6 Å². The number of amides is 2. The van der Waals surface area contributed by atoms with Crippen molar-refractivity contribution in [1.29, 1.82) is 0 Å². The van der Waals surface area contributed by atoms with Gasteiger partial charge in [0.25, 0.3) is 0 Å². The van der Waals surface area contributed by atoms with E-state index in [4.69, 9.17) is 9.84 Å². The molecule has 2 atom stereocenters. The summed E-state index contributed by atoms with van der Waals surface area (Å²) in [4.78, 5) is 35.3. The molecule has 0 saturated heterocycles. The first-order chi connectivity index (χ1) is 13.9. The summed E-state index contributed by atoms with van der Waals surface area (Å²) in [5.74, 6) is -1.77. The van der Waals surface area contributed by atoms with Crippen molar-refractivity contribution in [2.45, 2.75) is 38.3 Å². The minimum absolute atomic E-state index is 0.0752. The van der Waals surface area contributed by atoms with Gasteiger partial charge in [-0.3, -0.25) is 4.79 Å². The predicted molar refractivity (Wildman–Crippen MR) is 108 cm³/mol. The molecule has 152 valence electrons. The van der Waals surface area contributed by atoms with Gasteiger partial charge in [0.1, 0.15) is 18.7 Å². The standard InChI is InChI=1S/C22H24N2O5/c1-3-19(21(26)27)24-20(25)13(2)23-22(28)29-12-18-16-10-6-4-8-14(16)15-9-5-7-11-17(15)18/h4-11,13,18-19H,3,12H2,1-2H3,(H,23,28)(H,24,25)(H,26,27)/t13?,19-/m1/s1. The van der Waals surface area contributed by atoms with Gasteiger partial charge in [-0.15, -0.1) is 0 Å². The smallest absolute Gasteiger partial charge is 0.407 e. The van der Waals surface area contributed by atoms with Crippen LogP contribution >= 0.6 is 0 Å². The number of carboxylic acid groups (broad SMARTS) is 1. The lowest BCUT2D eigenvalue weighted by Gasteiger charge is -2.19. The van der Waals surface area contributed by atoms with Gasteiger partial charge in [0, 0.05) is 5.92 Å². The summed E-state index contributed by atoms with van der Waals surface area (Å²) in [7, 11) is 0. The van der Waals surface area contributed by atoms with E-state index < -0.39 is 30.1 Å². The number of benzene rings is 2. The molecule has 7 heteroatoms. The number of hydrogen-bond donors (Lipinski definition) is 3. The van der Waals surface area contributed by atoms with Crippen LogP contribution in [0.3, 0.4) is 0 Å². The first-order valence-electron chi connectivity index (χ1n) is 9.57. The van der Waals surface area contributed by atoms with Crippen molar-refractivity contribution in [2.24, 2.45) is 0 Å². The van der Waals surface area contributed by atoms with Gasteiger partial charge in [-0.1, -0.05) is 55.5 Å². The Hall–Kier alpha value is -3.35. The molecular formula is C22H24N2O5.